The predicted molar refractivity (Wildman–Crippen MR) is 107 cm³/mol. The topological polar surface area (TPSA) is 70.9 Å². The van der Waals surface area contributed by atoms with Crippen LogP contribution in [0.15, 0.2) is 69.5 Å². The van der Waals surface area contributed by atoms with E-state index in [4.69, 9.17) is 0 Å². The van der Waals surface area contributed by atoms with Gasteiger partial charge in [0.25, 0.3) is 10.0 Å². The quantitative estimate of drug-likeness (QED) is 0.463. The van der Waals surface area contributed by atoms with Crippen molar-refractivity contribution in [1.82, 2.24) is 4.72 Å². The molecule has 130 valence electrons. The standard InChI is InChI=1S/C17H17N3O2S3/c1-24-17(18-12-11-14-5-3-2-4-6-14)20-25(21,22)16-9-7-15(8-10-16)19-13-23/h2-10H,11-12H2,1H3,(H,18,20). The monoisotopic (exact) mass is 391 g/mol. The van der Waals surface area contributed by atoms with Crippen molar-refractivity contribution in [3.63, 3.8) is 0 Å². The van der Waals surface area contributed by atoms with Gasteiger partial charge < -0.3 is 0 Å². The number of nitrogens with zero attached hydrogens (tertiary/aromatic N) is 2. The molecule has 0 aliphatic heterocycles. The molecular formula is C17H17N3O2S3. The van der Waals surface area contributed by atoms with Gasteiger partial charge in [-0.1, -0.05) is 42.1 Å². The molecule has 0 radical (unpaired) electrons. The third-order valence-corrected chi connectivity index (χ3v) is 5.43. The molecule has 0 fully saturated rings. The molecule has 2 rings (SSSR count). The first kappa shape index (κ1) is 19.3. The third kappa shape index (κ3) is 6.10. The summed E-state index contributed by atoms with van der Waals surface area (Å²) in [6.07, 6.45) is 2.53. The van der Waals surface area contributed by atoms with Crippen LogP contribution in [0.3, 0.4) is 0 Å². The molecule has 0 saturated heterocycles. The molecule has 25 heavy (non-hydrogen) atoms. The highest BCUT2D eigenvalue weighted by atomic mass is 32.2. The van der Waals surface area contributed by atoms with E-state index in [0.29, 0.717) is 17.4 Å². The van der Waals surface area contributed by atoms with Gasteiger partial charge in [-0.2, -0.15) is 4.99 Å². The molecule has 0 aliphatic carbocycles. The zero-order valence-electron chi connectivity index (χ0n) is 13.5. The number of thiocarbonyl (C=S) groups is 1. The first-order valence-electron chi connectivity index (χ1n) is 7.38. The molecule has 0 aromatic heterocycles. The van der Waals surface area contributed by atoms with Gasteiger partial charge in [0.1, 0.15) is 0 Å². The van der Waals surface area contributed by atoms with Gasteiger partial charge in [0, 0.05) is 6.54 Å². The lowest BCUT2D eigenvalue weighted by molar-refractivity contribution is 0.593. The second kappa shape index (κ2) is 9.48. The second-order valence-electron chi connectivity index (χ2n) is 4.93. The van der Waals surface area contributed by atoms with Crippen LogP contribution in [-0.2, 0) is 16.4 Å². The summed E-state index contributed by atoms with van der Waals surface area (Å²) in [7, 11) is -3.69. The Balaban J connectivity index is 2.05. The van der Waals surface area contributed by atoms with Crippen molar-refractivity contribution in [3.8, 4) is 0 Å². The molecule has 2 aromatic carbocycles. The van der Waals surface area contributed by atoms with Crippen LogP contribution < -0.4 is 4.72 Å². The van der Waals surface area contributed by atoms with E-state index in [9.17, 15) is 8.42 Å². The van der Waals surface area contributed by atoms with Crippen molar-refractivity contribution in [1.29, 1.82) is 0 Å². The molecule has 5 nitrogen and oxygen atoms in total. The lowest BCUT2D eigenvalue weighted by atomic mass is 10.2. The Kier molecular flexibility index (Phi) is 7.33. The van der Waals surface area contributed by atoms with Gasteiger partial charge in [0.05, 0.1) is 15.7 Å². The van der Waals surface area contributed by atoms with Gasteiger partial charge in [0.15, 0.2) is 5.17 Å². The fraction of sp³-hybridized carbons (Fsp3) is 0.176. The normalized spacial score (nSPS) is 11.6. The van der Waals surface area contributed by atoms with E-state index in [-0.39, 0.29) is 4.90 Å². The lowest BCUT2D eigenvalue weighted by Crippen LogP contribution is -2.28. The minimum atomic E-state index is -3.69. The highest BCUT2D eigenvalue weighted by Gasteiger charge is 2.15. The molecular weight excluding hydrogens is 374 g/mol. The van der Waals surface area contributed by atoms with Crippen LogP contribution in [-0.4, -0.2) is 31.5 Å². The minimum absolute atomic E-state index is 0.139. The number of sulfonamides is 1. The highest BCUT2D eigenvalue weighted by Crippen LogP contribution is 2.16. The number of rotatable bonds is 6. The second-order valence-corrected chi connectivity index (χ2v) is 7.59. The molecule has 0 spiro atoms. The van der Waals surface area contributed by atoms with Crippen LogP contribution in [0.4, 0.5) is 5.69 Å². The van der Waals surface area contributed by atoms with Crippen LogP contribution in [0, 0.1) is 0 Å². The van der Waals surface area contributed by atoms with E-state index in [2.05, 4.69) is 32.1 Å². The number of benzene rings is 2. The largest absolute Gasteiger partial charge is 0.263 e. The molecule has 0 bridgehead atoms. The molecule has 0 heterocycles. The van der Waals surface area contributed by atoms with Crippen LogP contribution in [0.5, 0.6) is 0 Å². The number of aliphatic imine (C=N–C) groups is 2. The van der Waals surface area contributed by atoms with Gasteiger partial charge in [-0.25, -0.2) is 8.42 Å². The molecule has 0 unspecified atom stereocenters. The number of hydrogen-bond donors (Lipinski definition) is 1. The Labute approximate surface area is 157 Å². The average Bonchev–Trinajstić information content (AvgIpc) is 2.62. The summed E-state index contributed by atoms with van der Waals surface area (Å²) in [5.74, 6) is 0. The minimum Gasteiger partial charge on any atom is -0.262 e. The summed E-state index contributed by atoms with van der Waals surface area (Å²) in [5.41, 5.74) is 1.71. The van der Waals surface area contributed by atoms with Crippen molar-refractivity contribution < 1.29 is 8.42 Å². The number of hydrogen-bond acceptors (Lipinski definition) is 6. The molecule has 2 aromatic rings. The molecule has 8 heteroatoms. The van der Waals surface area contributed by atoms with E-state index >= 15 is 0 Å². The molecule has 0 atom stereocenters. The van der Waals surface area contributed by atoms with Crippen molar-refractivity contribution in [2.24, 2.45) is 9.98 Å². The summed E-state index contributed by atoms with van der Waals surface area (Å²) in [4.78, 5) is 8.28. The number of isothiocyanates is 1. The first-order valence-corrected chi connectivity index (χ1v) is 10.5. The van der Waals surface area contributed by atoms with Crippen molar-refractivity contribution in [3.05, 3.63) is 60.2 Å². The third-order valence-electron chi connectivity index (χ3n) is 3.24. The van der Waals surface area contributed by atoms with E-state index in [1.165, 1.54) is 23.9 Å². The van der Waals surface area contributed by atoms with Crippen LogP contribution in [0.25, 0.3) is 0 Å². The van der Waals surface area contributed by atoms with Crippen LogP contribution in [0.2, 0.25) is 0 Å². The fourth-order valence-corrected chi connectivity index (χ4v) is 3.89. The SMILES string of the molecule is CSC(=NCCc1ccccc1)NS(=O)(=O)c1ccc(N=C=S)cc1. The summed E-state index contributed by atoms with van der Waals surface area (Å²) < 4.78 is 27.4. The molecule has 0 saturated carbocycles. The zero-order valence-corrected chi connectivity index (χ0v) is 16.0. The summed E-state index contributed by atoms with van der Waals surface area (Å²) >= 11 is 5.78. The highest BCUT2D eigenvalue weighted by molar-refractivity contribution is 8.14. The van der Waals surface area contributed by atoms with Gasteiger partial charge in [-0.05, 0) is 54.7 Å². The summed E-state index contributed by atoms with van der Waals surface area (Å²) in [5, 5.41) is 2.60. The Bertz CT molecular complexity index is 873. The Morgan fingerprint density at radius 1 is 1.16 bits per heavy atom. The summed E-state index contributed by atoms with van der Waals surface area (Å²) in [6, 6.07) is 16.0. The van der Waals surface area contributed by atoms with Crippen molar-refractivity contribution in [2.75, 3.05) is 12.8 Å². The zero-order chi connectivity index (χ0) is 18.1. The van der Waals surface area contributed by atoms with Crippen molar-refractivity contribution >= 4 is 50.0 Å². The van der Waals surface area contributed by atoms with Gasteiger partial charge in [0.2, 0.25) is 0 Å². The van der Waals surface area contributed by atoms with Gasteiger partial charge in [-0.15, -0.1) is 0 Å². The smallest absolute Gasteiger partial charge is 0.262 e. The Hall–Kier alpha value is -1.99. The van der Waals surface area contributed by atoms with Gasteiger partial charge in [-0.3, -0.25) is 9.71 Å². The van der Waals surface area contributed by atoms with E-state index in [1.807, 2.05) is 30.3 Å². The molecule has 0 aliphatic rings. The first-order chi connectivity index (χ1) is 12.0. The van der Waals surface area contributed by atoms with E-state index < -0.39 is 10.0 Å². The maximum absolute atomic E-state index is 12.4. The Morgan fingerprint density at radius 3 is 2.44 bits per heavy atom. The number of thioether (sulfide) groups is 1. The maximum Gasteiger partial charge on any atom is 0.263 e. The Morgan fingerprint density at radius 2 is 1.84 bits per heavy atom. The summed E-state index contributed by atoms with van der Waals surface area (Å²) in [6.45, 7) is 0.505. The maximum atomic E-state index is 12.4. The average molecular weight is 392 g/mol. The van der Waals surface area contributed by atoms with Crippen molar-refractivity contribution in [2.45, 2.75) is 11.3 Å². The molecule has 1 N–H and O–H groups in total. The van der Waals surface area contributed by atoms with Gasteiger partial charge >= 0.3 is 0 Å². The van der Waals surface area contributed by atoms with E-state index in [1.54, 1.807) is 18.4 Å². The predicted octanol–water partition coefficient (Wildman–Crippen LogP) is 3.66. The molecule has 0 amide bonds. The van der Waals surface area contributed by atoms with E-state index in [0.717, 1.165) is 12.0 Å². The van der Waals surface area contributed by atoms with Crippen LogP contribution >= 0.6 is 24.0 Å². The van der Waals surface area contributed by atoms with Crippen LogP contribution in [0.1, 0.15) is 5.56 Å². The number of amidine groups is 1. The lowest BCUT2D eigenvalue weighted by Gasteiger charge is -2.09. The fourth-order valence-electron chi connectivity index (χ4n) is 2.00. The number of nitrogens with one attached hydrogen (secondary N) is 1.